The normalized spacial score (nSPS) is 14.5. The van der Waals surface area contributed by atoms with Crippen molar-refractivity contribution in [2.24, 2.45) is 0 Å². The zero-order chi connectivity index (χ0) is 21.2. The van der Waals surface area contributed by atoms with E-state index in [1.165, 1.54) is 11.8 Å². The number of rotatable bonds is 5. The predicted molar refractivity (Wildman–Crippen MR) is 123 cm³/mol. The number of H-pyrrole nitrogens is 2. The Balaban J connectivity index is 1.15. The molecule has 1 amide bonds. The van der Waals surface area contributed by atoms with Gasteiger partial charge in [0.25, 0.3) is 5.56 Å². The number of nitrogens with one attached hydrogen (secondary N) is 2. The van der Waals surface area contributed by atoms with E-state index in [-0.39, 0.29) is 11.5 Å². The van der Waals surface area contributed by atoms with E-state index in [9.17, 15) is 9.59 Å². The Morgan fingerprint density at radius 2 is 1.74 bits per heavy atom. The van der Waals surface area contributed by atoms with Crippen LogP contribution in [0.4, 0.5) is 5.82 Å². The molecule has 0 aliphatic carbocycles. The van der Waals surface area contributed by atoms with E-state index in [1.54, 1.807) is 6.07 Å². The van der Waals surface area contributed by atoms with Crippen molar-refractivity contribution in [1.29, 1.82) is 0 Å². The molecule has 0 radical (unpaired) electrons. The summed E-state index contributed by atoms with van der Waals surface area (Å²) in [4.78, 5) is 36.2. The Morgan fingerprint density at radius 1 is 1.00 bits per heavy atom. The van der Waals surface area contributed by atoms with Gasteiger partial charge in [-0.1, -0.05) is 36.0 Å². The Kier molecular flexibility index (Phi) is 5.33. The number of amides is 1. The minimum Gasteiger partial charge on any atom is -0.351 e. The van der Waals surface area contributed by atoms with Crippen molar-refractivity contribution in [2.45, 2.75) is 11.6 Å². The first-order chi connectivity index (χ1) is 15.2. The van der Waals surface area contributed by atoms with E-state index >= 15 is 0 Å². The maximum absolute atomic E-state index is 12.7. The summed E-state index contributed by atoms with van der Waals surface area (Å²) < 4.78 is 0. The van der Waals surface area contributed by atoms with Crippen molar-refractivity contribution in [3.63, 3.8) is 0 Å². The van der Waals surface area contributed by atoms with Crippen LogP contribution < -0.4 is 10.5 Å². The zero-order valence-corrected chi connectivity index (χ0v) is 17.7. The van der Waals surface area contributed by atoms with Crippen molar-refractivity contribution in [2.75, 3.05) is 36.8 Å². The lowest BCUT2D eigenvalue weighted by Crippen LogP contribution is -2.49. The minimum atomic E-state index is -0.151. The number of piperazine rings is 1. The number of carbonyl (C=O) groups excluding carboxylic acids is 1. The summed E-state index contributed by atoms with van der Waals surface area (Å²) in [5, 5.41) is 9.76. The van der Waals surface area contributed by atoms with Gasteiger partial charge in [0.1, 0.15) is 0 Å². The summed E-state index contributed by atoms with van der Waals surface area (Å²) in [5.41, 5.74) is 1.54. The number of thioether (sulfide) groups is 1. The Morgan fingerprint density at radius 3 is 2.58 bits per heavy atom. The minimum absolute atomic E-state index is 0.127. The van der Waals surface area contributed by atoms with E-state index in [0.29, 0.717) is 41.3 Å². The molecule has 0 saturated carbocycles. The van der Waals surface area contributed by atoms with E-state index in [2.05, 4.69) is 31.1 Å². The molecule has 2 aromatic carbocycles. The van der Waals surface area contributed by atoms with Crippen molar-refractivity contribution >= 4 is 45.3 Å². The standard InChI is InChI=1S/C22H22N6O2S/c29-19(9-14-31-22-23-17-7-3-2-6-16(17)21(30)24-22)27-10-12-28(13-11-27)20-15-5-1-4-8-18(15)25-26-20/h1-8H,9-14H2,(H,25,26)(H,23,24,30). The maximum atomic E-state index is 12.7. The lowest BCUT2D eigenvalue weighted by atomic mass is 10.2. The summed E-state index contributed by atoms with van der Waals surface area (Å²) >= 11 is 1.40. The van der Waals surface area contributed by atoms with Crippen LogP contribution in [0.5, 0.6) is 0 Å². The van der Waals surface area contributed by atoms with Crippen molar-refractivity contribution in [1.82, 2.24) is 25.1 Å². The summed E-state index contributed by atoms with van der Waals surface area (Å²) in [7, 11) is 0. The average molecular weight is 435 g/mol. The van der Waals surface area contributed by atoms with E-state index in [4.69, 9.17) is 0 Å². The van der Waals surface area contributed by atoms with Gasteiger partial charge in [0.05, 0.1) is 16.4 Å². The molecule has 1 fully saturated rings. The van der Waals surface area contributed by atoms with Gasteiger partial charge in [-0.05, 0) is 24.3 Å². The number of benzene rings is 2. The van der Waals surface area contributed by atoms with Crippen LogP contribution >= 0.6 is 11.8 Å². The van der Waals surface area contributed by atoms with Gasteiger partial charge in [0, 0.05) is 43.7 Å². The number of aromatic amines is 2. The third-order valence-electron chi connectivity index (χ3n) is 5.53. The molecule has 1 aliphatic heterocycles. The number of para-hydroxylation sites is 2. The highest BCUT2D eigenvalue weighted by Gasteiger charge is 2.23. The molecule has 0 unspecified atom stereocenters. The van der Waals surface area contributed by atoms with E-state index < -0.39 is 0 Å². The second-order valence-electron chi connectivity index (χ2n) is 7.45. The molecule has 158 valence electrons. The van der Waals surface area contributed by atoms with Gasteiger partial charge in [-0.15, -0.1) is 0 Å². The molecule has 9 heteroatoms. The van der Waals surface area contributed by atoms with Crippen LogP contribution in [0, 0.1) is 0 Å². The largest absolute Gasteiger partial charge is 0.351 e. The lowest BCUT2D eigenvalue weighted by Gasteiger charge is -2.35. The number of hydrogen-bond donors (Lipinski definition) is 2. The summed E-state index contributed by atoms with van der Waals surface area (Å²) in [5.74, 6) is 1.65. The van der Waals surface area contributed by atoms with Gasteiger partial charge in [-0.3, -0.25) is 14.7 Å². The smallest absolute Gasteiger partial charge is 0.259 e. The SMILES string of the molecule is O=C(CCSc1nc2ccccc2c(=O)[nH]1)N1CCN(c2n[nH]c3ccccc23)CC1. The van der Waals surface area contributed by atoms with Crippen LogP contribution in [-0.4, -0.2) is 62.9 Å². The number of fused-ring (bicyclic) bond motifs is 2. The first-order valence-corrected chi connectivity index (χ1v) is 11.3. The zero-order valence-electron chi connectivity index (χ0n) is 16.9. The van der Waals surface area contributed by atoms with Crippen LogP contribution in [0.2, 0.25) is 0 Å². The third kappa shape index (κ3) is 4.00. The maximum Gasteiger partial charge on any atom is 0.259 e. The van der Waals surface area contributed by atoms with Crippen LogP contribution in [0.1, 0.15) is 6.42 Å². The topological polar surface area (TPSA) is 98.0 Å². The molecular formula is C22H22N6O2S. The summed E-state index contributed by atoms with van der Waals surface area (Å²) in [6.45, 7) is 2.87. The fourth-order valence-electron chi connectivity index (χ4n) is 3.88. The van der Waals surface area contributed by atoms with Crippen LogP contribution in [0.15, 0.2) is 58.5 Å². The third-order valence-corrected chi connectivity index (χ3v) is 6.40. The molecule has 31 heavy (non-hydrogen) atoms. The molecule has 5 rings (SSSR count). The monoisotopic (exact) mass is 434 g/mol. The molecule has 4 aromatic rings. The number of carbonyl (C=O) groups is 1. The highest BCUT2D eigenvalue weighted by molar-refractivity contribution is 7.99. The Bertz CT molecular complexity index is 1290. The first-order valence-electron chi connectivity index (χ1n) is 10.3. The molecule has 2 N–H and O–H groups in total. The molecule has 0 atom stereocenters. The molecule has 0 bridgehead atoms. The molecular weight excluding hydrogens is 412 g/mol. The molecule has 8 nitrogen and oxygen atoms in total. The second kappa shape index (κ2) is 8.43. The van der Waals surface area contributed by atoms with Gasteiger partial charge in [0.15, 0.2) is 11.0 Å². The fourth-order valence-corrected chi connectivity index (χ4v) is 4.68. The Hall–Kier alpha value is -3.33. The number of nitrogens with zero attached hydrogens (tertiary/aromatic N) is 4. The van der Waals surface area contributed by atoms with E-state index in [1.807, 2.05) is 41.3 Å². The van der Waals surface area contributed by atoms with Crippen LogP contribution in [-0.2, 0) is 4.79 Å². The average Bonchev–Trinajstić information content (AvgIpc) is 3.23. The van der Waals surface area contributed by atoms with Gasteiger partial charge in [-0.25, -0.2) is 4.98 Å². The predicted octanol–water partition coefficient (Wildman–Crippen LogP) is 2.63. The second-order valence-corrected chi connectivity index (χ2v) is 8.53. The van der Waals surface area contributed by atoms with Gasteiger partial charge >= 0.3 is 0 Å². The first kappa shape index (κ1) is 19.6. The summed E-state index contributed by atoms with van der Waals surface area (Å²) in [6, 6.07) is 15.3. The van der Waals surface area contributed by atoms with Crippen LogP contribution in [0.3, 0.4) is 0 Å². The number of hydrogen-bond acceptors (Lipinski definition) is 6. The van der Waals surface area contributed by atoms with Crippen molar-refractivity contribution in [3.05, 3.63) is 58.9 Å². The fraction of sp³-hybridized carbons (Fsp3) is 0.273. The number of anilines is 1. The summed E-state index contributed by atoms with van der Waals surface area (Å²) in [6.07, 6.45) is 0.409. The van der Waals surface area contributed by atoms with Gasteiger partial charge in [0.2, 0.25) is 5.91 Å². The molecule has 1 saturated heterocycles. The van der Waals surface area contributed by atoms with Crippen LogP contribution in [0.25, 0.3) is 21.8 Å². The molecule has 2 aromatic heterocycles. The van der Waals surface area contributed by atoms with Crippen molar-refractivity contribution < 1.29 is 4.79 Å². The molecule has 1 aliphatic rings. The number of aromatic nitrogens is 4. The quantitative estimate of drug-likeness (QED) is 0.370. The highest BCUT2D eigenvalue weighted by Crippen LogP contribution is 2.25. The molecule has 3 heterocycles. The van der Waals surface area contributed by atoms with Gasteiger partial charge < -0.3 is 14.8 Å². The molecule has 0 spiro atoms. The van der Waals surface area contributed by atoms with Crippen molar-refractivity contribution in [3.8, 4) is 0 Å². The van der Waals surface area contributed by atoms with Gasteiger partial charge in [-0.2, -0.15) is 5.10 Å². The Labute approximate surface area is 182 Å². The highest BCUT2D eigenvalue weighted by atomic mass is 32.2. The van der Waals surface area contributed by atoms with E-state index in [0.717, 1.165) is 29.8 Å². The lowest BCUT2D eigenvalue weighted by molar-refractivity contribution is -0.131.